The molecule has 0 aliphatic rings. The van der Waals surface area contributed by atoms with Gasteiger partial charge in [-0.25, -0.2) is 22.5 Å². The number of anilines is 1. The van der Waals surface area contributed by atoms with Gasteiger partial charge in [-0.2, -0.15) is 0 Å². The summed E-state index contributed by atoms with van der Waals surface area (Å²) in [4.78, 5) is 3.42. The maximum atomic E-state index is 13.5. The molecule has 0 atom stereocenters. The summed E-state index contributed by atoms with van der Waals surface area (Å²) < 4.78 is 41.3. The lowest BCUT2D eigenvalue weighted by atomic mass is 10.3. The highest BCUT2D eigenvalue weighted by atomic mass is 32.2. The summed E-state index contributed by atoms with van der Waals surface area (Å²) >= 11 is 0. The zero-order chi connectivity index (χ0) is 13.9. The van der Waals surface area contributed by atoms with Crippen molar-refractivity contribution in [1.29, 1.82) is 0 Å². The third-order valence-corrected chi connectivity index (χ3v) is 3.96. The van der Waals surface area contributed by atoms with Crippen LogP contribution in [0.4, 0.5) is 10.1 Å². The number of imidazole rings is 1. The first-order chi connectivity index (χ1) is 8.99. The summed E-state index contributed by atoms with van der Waals surface area (Å²) in [6.07, 6.45) is 4.87. The van der Waals surface area contributed by atoms with E-state index < -0.39 is 20.7 Å². The van der Waals surface area contributed by atoms with Gasteiger partial charge >= 0.3 is 0 Å². The quantitative estimate of drug-likeness (QED) is 0.786. The van der Waals surface area contributed by atoms with Gasteiger partial charge in [0.2, 0.25) is 10.0 Å². The van der Waals surface area contributed by atoms with E-state index in [9.17, 15) is 12.8 Å². The molecule has 0 bridgehead atoms. The predicted octanol–water partition coefficient (Wildman–Crippen LogP) is 0.583. The number of nitrogens with two attached hydrogens (primary N) is 1. The zero-order valence-corrected chi connectivity index (χ0v) is 10.8. The molecule has 0 saturated carbocycles. The van der Waals surface area contributed by atoms with Crippen molar-refractivity contribution in [1.82, 2.24) is 14.3 Å². The van der Waals surface area contributed by atoms with E-state index in [4.69, 9.17) is 5.73 Å². The third kappa shape index (κ3) is 3.30. The lowest BCUT2D eigenvalue weighted by Crippen LogP contribution is -2.28. The van der Waals surface area contributed by atoms with Crippen molar-refractivity contribution in [3.05, 3.63) is 42.7 Å². The summed E-state index contributed by atoms with van der Waals surface area (Å²) in [6.45, 7) is 0.554. The molecule has 6 nitrogen and oxygen atoms in total. The van der Waals surface area contributed by atoms with Gasteiger partial charge in [0.15, 0.2) is 0 Å². The fraction of sp³-hybridized carbons (Fsp3) is 0.182. The number of benzene rings is 1. The summed E-state index contributed by atoms with van der Waals surface area (Å²) in [5.41, 5.74) is 5.55. The highest BCUT2D eigenvalue weighted by Gasteiger charge is 2.18. The molecule has 1 heterocycles. The molecule has 0 radical (unpaired) electrons. The first kappa shape index (κ1) is 13.5. The number of aromatic nitrogens is 2. The highest BCUT2D eigenvalue weighted by Crippen LogP contribution is 2.16. The molecule has 0 saturated heterocycles. The molecule has 2 rings (SSSR count). The van der Waals surface area contributed by atoms with Gasteiger partial charge in [-0.05, 0) is 18.2 Å². The van der Waals surface area contributed by atoms with E-state index in [0.717, 1.165) is 12.1 Å². The first-order valence-electron chi connectivity index (χ1n) is 5.49. The number of nitrogens with one attached hydrogen (secondary N) is 1. The van der Waals surface area contributed by atoms with Crippen LogP contribution in [0.3, 0.4) is 0 Å². The monoisotopic (exact) mass is 284 g/mol. The molecule has 0 aliphatic heterocycles. The average molecular weight is 284 g/mol. The average Bonchev–Trinajstić information content (AvgIpc) is 2.81. The van der Waals surface area contributed by atoms with Gasteiger partial charge in [0.05, 0.1) is 6.33 Å². The number of nitrogen functional groups attached to an aromatic ring is 1. The van der Waals surface area contributed by atoms with Crippen molar-refractivity contribution >= 4 is 15.7 Å². The van der Waals surface area contributed by atoms with Crippen molar-refractivity contribution in [2.75, 3.05) is 12.3 Å². The molecule has 0 aliphatic carbocycles. The van der Waals surface area contributed by atoms with E-state index in [0.29, 0.717) is 6.54 Å². The van der Waals surface area contributed by atoms with Crippen molar-refractivity contribution in [3.8, 4) is 0 Å². The van der Waals surface area contributed by atoms with Crippen molar-refractivity contribution in [2.24, 2.45) is 0 Å². The Morgan fingerprint density at radius 3 is 2.84 bits per heavy atom. The Morgan fingerprint density at radius 1 is 1.42 bits per heavy atom. The molecule has 3 N–H and O–H groups in total. The van der Waals surface area contributed by atoms with Crippen molar-refractivity contribution < 1.29 is 12.8 Å². The standard InChI is InChI=1S/C11H13FN4O2S/c12-10-7-9(13)1-2-11(10)19(17,18)15-4-6-16-5-3-14-8-16/h1-3,5,7-8,15H,4,6,13H2. The van der Waals surface area contributed by atoms with Crippen molar-refractivity contribution in [2.45, 2.75) is 11.4 Å². The van der Waals surface area contributed by atoms with Gasteiger partial charge in [0, 0.05) is 31.2 Å². The third-order valence-electron chi connectivity index (χ3n) is 2.47. The Labute approximate surface area is 110 Å². The van der Waals surface area contributed by atoms with Gasteiger partial charge in [-0.15, -0.1) is 0 Å². The molecular weight excluding hydrogens is 271 g/mol. The Morgan fingerprint density at radius 2 is 2.21 bits per heavy atom. The van der Waals surface area contributed by atoms with E-state index in [1.54, 1.807) is 23.3 Å². The van der Waals surface area contributed by atoms with Crippen LogP contribution >= 0.6 is 0 Å². The molecular formula is C11H13FN4O2S. The van der Waals surface area contributed by atoms with E-state index in [1.807, 2.05) is 0 Å². The number of hydrogen-bond acceptors (Lipinski definition) is 4. The summed E-state index contributed by atoms with van der Waals surface area (Å²) in [6, 6.07) is 3.46. The van der Waals surface area contributed by atoms with E-state index in [1.165, 1.54) is 6.07 Å². The molecule has 1 aromatic heterocycles. The van der Waals surface area contributed by atoms with Crippen LogP contribution in [-0.4, -0.2) is 24.5 Å². The SMILES string of the molecule is Nc1ccc(S(=O)(=O)NCCn2ccnc2)c(F)c1. The lowest BCUT2D eigenvalue weighted by Gasteiger charge is -2.08. The van der Waals surface area contributed by atoms with Crippen LogP contribution in [0, 0.1) is 5.82 Å². The molecule has 0 fully saturated rings. The maximum absolute atomic E-state index is 13.5. The maximum Gasteiger partial charge on any atom is 0.243 e. The zero-order valence-electron chi connectivity index (χ0n) is 9.95. The van der Waals surface area contributed by atoms with E-state index in [2.05, 4.69) is 9.71 Å². The van der Waals surface area contributed by atoms with Crippen LogP contribution in [0.2, 0.25) is 0 Å². The molecule has 0 spiro atoms. The number of hydrogen-bond donors (Lipinski definition) is 2. The van der Waals surface area contributed by atoms with Crippen LogP contribution in [-0.2, 0) is 16.6 Å². The molecule has 19 heavy (non-hydrogen) atoms. The van der Waals surface area contributed by atoms with Gasteiger partial charge in [0.25, 0.3) is 0 Å². The second-order valence-electron chi connectivity index (χ2n) is 3.89. The van der Waals surface area contributed by atoms with Crippen LogP contribution in [0.15, 0.2) is 41.8 Å². The molecule has 0 amide bonds. The topological polar surface area (TPSA) is 90.0 Å². The van der Waals surface area contributed by atoms with Gasteiger partial charge in [0.1, 0.15) is 10.7 Å². The Hall–Kier alpha value is -1.93. The van der Waals surface area contributed by atoms with Crippen LogP contribution in [0.5, 0.6) is 0 Å². The minimum absolute atomic E-state index is 0.141. The second-order valence-corrected chi connectivity index (χ2v) is 5.62. The molecule has 2 aromatic rings. The Kier molecular flexibility index (Phi) is 3.82. The Bertz CT molecular complexity index is 655. The fourth-order valence-electron chi connectivity index (χ4n) is 1.54. The van der Waals surface area contributed by atoms with Gasteiger partial charge in [-0.3, -0.25) is 0 Å². The highest BCUT2D eigenvalue weighted by molar-refractivity contribution is 7.89. The minimum atomic E-state index is -3.88. The summed E-state index contributed by atoms with van der Waals surface area (Å²) in [7, 11) is -3.88. The Balaban J connectivity index is 2.05. The molecule has 0 unspecified atom stereocenters. The predicted molar refractivity (Wildman–Crippen MR) is 68.2 cm³/mol. The number of sulfonamides is 1. The van der Waals surface area contributed by atoms with Gasteiger partial charge < -0.3 is 10.3 Å². The smallest absolute Gasteiger partial charge is 0.243 e. The number of rotatable bonds is 5. The number of nitrogens with zero attached hydrogens (tertiary/aromatic N) is 2. The van der Waals surface area contributed by atoms with Gasteiger partial charge in [-0.1, -0.05) is 0 Å². The minimum Gasteiger partial charge on any atom is -0.399 e. The van der Waals surface area contributed by atoms with E-state index >= 15 is 0 Å². The largest absolute Gasteiger partial charge is 0.399 e. The molecule has 8 heteroatoms. The molecule has 1 aromatic carbocycles. The lowest BCUT2D eigenvalue weighted by molar-refractivity contribution is 0.552. The van der Waals surface area contributed by atoms with Crippen LogP contribution < -0.4 is 10.5 Å². The van der Waals surface area contributed by atoms with Crippen LogP contribution in [0.1, 0.15) is 0 Å². The van der Waals surface area contributed by atoms with E-state index in [-0.39, 0.29) is 12.2 Å². The number of halogens is 1. The second kappa shape index (κ2) is 5.37. The van der Waals surface area contributed by atoms with Crippen LogP contribution in [0.25, 0.3) is 0 Å². The summed E-state index contributed by atoms with van der Waals surface area (Å²) in [5.74, 6) is -0.866. The molecule has 102 valence electrons. The normalized spacial score (nSPS) is 11.6. The van der Waals surface area contributed by atoms with Crippen molar-refractivity contribution in [3.63, 3.8) is 0 Å². The first-order valence-corrected chi connectivity index (χ1v) is 6.98. The summed E-state index contributed by atoms with van der Waals surface area (Å²) in [5, 5.41) is 0. The fourth-order valence-corrected chi connectivity index (χ4v) is 2.62.